The molecule has 3 aromatic rings. The van der Waals surface area contributed by atoms with Crippen LogP contribution in [-0.2, 0) is 9.53 Å². The minimum atomic E-state index is -0.588. The number of para-hydroxylation sites is 2. The van der Waals surface area contributed by atoms with Gasteiger partial charge in [-0.3, -0.25) is 4.79 Å². The average molecular weight is 430 g/mol. The summed E-state index contributed by atoms with van der Waals surface area (Å²) < 4.78 is 10.5. The van der Waals surface area contributed by atoms with Crippen LogP contribution in [0.25, 0.3) is 11.3 Å². The molecule has 0 radical (unpaired) electrons. The molecule has 0 fully saturated rings. The number of anilines is 1. The van der Waals surface area contributed by atoms with Crippen LogP contribution in [0.15, 0.2) is 75.4 Å². The number of allylic oxidation sites excluding steroid dienone is 1. The molecular formula is C24H22N4O4. The van der Waals surface area contributed by atoms with Crippen molar-refractivity contribution < 1.29 is 18.8 Å². The number of fused-ring (bicyclic) bond motifs is 1. The zero-order valence-electron chi connectivity index (χ0n) is 17.9. The summed E-state index contributed by atoms with van der Waals surface area (Å²) in [6, 6.07) is 16.6. The van der Waals surface area contributed by atoms with Gasteiger partial charge in [0, 0.05) is 11.3 Å². The molecule has 1 amide bonds. The molecule has 0 bridgehead atoms. The van der Waals surface area contributed by atoms with E-state index in [9.17, 15) is 9.59 Å². The summed E-state index contributed by atoms with van der Waals surface area (Å²) in [7, 11) is 0. The van der Waals surface area contributed by atoms with Crippen molar-refractivity contribution in [1.29, 1.82) is 0 Å². The van der Waals surface area contributed by atoms with E-state index < -0.39 is 11.9 Å². The molecule has 1 aliphatic heterocycles. The Morgan fingerprint density at radius 2 is 1.78 bits per heavy atom. The zero-order valence-corrected chi connectivity index (χ0v) is 17.9. The second kappa shape index (κ2) is 8.89. The van der Waals surface area contributed by atoms with Gasteiger partial charge in [0.05, 0.1) is 18.0 Å². The van der Waals surface area contributed by atoms with Gasteiger partial charge in [0.25, 0.3) is 5.91 Å². The standard InChI is InChI=1S/C24H22N4O4/c1-4-31-24(30)19-14(2)25-17-12-8-9-13-18(17)26-22(19)27-23(29)20-15(3)32-28-21(20)16-10-6-5-7-11-16/h5-13,25H,4H2,1-3H3,(H,26,27,29). The highest BCUT2D eigenvalue weighted by molar-refractivity contribution is 6.26. The van der Waals surface area contributed by atoms with Crippen LogP contribution < -0.4 is 10.6 Å². The summed E-state index contributed by atoms with van der Waals surface area (Å²) in [5.41, 5.74) is 3.36. The van der Waals surface area contributed by atoms with Gasteiger partial charge in [-0.2, -0.15) is 0 Å². The number of ether oxygens (including phenoxy) is 1. The molecule has 2 aromatic carbocycles. The van der Waals surface area contributed by atoms with Gasteiger partial charge in [-0.1, -0.05) is 47.6 Å². The number of aromatic nitrogens is 1. The number of hydrogen-bond acceptors (Lipinski definition) is 7. The van der Waals surface area contributed by atoms with Crippen molar-refractivity contribution in [3.63, 3.8) is 0 Å². The van der Waals surface area contributed by atoms with Crippen molar-refractivity contribution in [1.82, 2.24) is 10.5 Å². The molecule has 0 saturated heterocycles. The quantitative estimate of drug-likeness (QED) is 0.596. The van der Waals surface area contributed by atoms with Crippen LogP contribution in [-0.4, -0.2) is 29.5 Å². The Hall–Kier alpha value is -4.20. The van der Waals surface area contributed by atoms with Gasteiger partial charge in [-0.05, 0) is 32.9 Å². The third-order valence-electron chi connectivity index (χ3n) is 4.92. The van der Waals surface area contributed by atoms with Crippen molar-refractivity contribution in [3.8, 4) is 11.3 Å². The summed E-state index contributed by atoms with van der Waals surface area (Å²) in [5, 5.41) is 10.0. The lowest BCUT2D eigenvalue weighted by molar-refractivity contribution is -0.137. The third kappa shape index (κ3) is 4.02. The maximum Gasteiger partial charge on any atom is 0.343 e. The first-order chi connectivity index (χ1) is 15.5. The van der Waals surface area contributed by atoms with E-state index in [-0.39, 0.29) is 23.6 Å². The van der Waals surface area contributed by atoms with Gasteiger partial charge in [0.2, 0.25) is 0 Å². The van der Waals surface area contributed by atoms with Crippen LogP contribution in [0, 0.1) is 6.92 Å². The third-order valence-corrected chi connectivity index (χ3v) is 4.92. The number of rotatable bonds is 4. The molecule has 0 saturated carbocycles. The maximum absolute atomic E-state index is 13.4. The molecule has 0 aliphatic carbocycles. The zero-order chi connectivity index (χ0) is 22.7. The predicted octanol–water partition coefficient (Wildman–Crippen LogP) is 4.37. The van der Waals surface area contributed by atoms with Crippen molar-refractivity contribution in [2.75, 3.05) is 11.9 Å². The molecule has 162 valence electrons. The summed E-state index contributed by atoms with van der Waals surface area (Å²) in [4.78, 5) is 30.7. The molecule has 1 aromatic heterocycles. The Labute approximate surface area is 185 Å². The van der Waals surface area contributed by atoms with Crippen LogP contribution in [0.1, 0.15) is 30.0 Å². The normalized spacial score (nSPS) is 12.9. The number of nitrogens with one attached hydrogen (secondary N) is 2. The molecule has 0 spiro atoms. The average Bonchev–Trinajstić information content (AvgIpc) is 3.10. The van der Waals surface area contributed by atoms with Crippen molar-refractivity contribution in [2.45, 2.75) is 20.8 Å². The number of hydrogen-bond donors (Lipinski definition) is 2. The van der Waals surface area contributed by atoms with Crippen molar-refractivity contribution in [3.05, 3.63) is 77.2 Å². The summed E-state index contributed by atoms with van der Waals surface area (Å²) in [6.45, 7) is 5.30. The smallest absolute Gasteiger partial charge is 0.343 e. The number of amides is 1. The molecule has 2 N–H and O–H groups in total. The Bertz CT molecular complexity index is 1240. The molecule has 8 nitrogen and oxygen atoms in total. The lowest BCUT2D eigenvalue weighted by Gasteiger charge is -2.13. The van der Waals surface area contributed by atoms with Gasteiger partial charge >= 0.3 is 5.97 Å². The Morgan fingerprint density at radius 1 is 1.06 bits per heavy atom. The fourth-order valence-corrected chi connectivity index (χ4v) is 3.44. The number of aliphatic imine (C=N–C) groups is 1. The summed E-state index contributed by atoms with van der Waals surface area (Å²) >= 11 is 0. The van der Waals surface area contributed by atoms with E-state index in [1.165, 1.54) is 0 Å². The summed E-state index contributed by atoms with van der Waals surface area (Å²) in [6.07, 6.45) is 0. The van der Waals surface area contributed by atoms with Crippen LogP contribution >= 0.6 is 0 Å². The Balaban J connectivity index is 1.77. The van der Waals surface area contributed by atoms with Crippen LogP contribution in [0.5, 0.6) is 0 Å². The number of amidine groups is 1. The second-order valence-corrected chi connectivity index (χ2v) is 7.11. The maximum atomic E-state index is 13.4. The number of esters is 1. The van der Waals surface area contributed by atoms with E-state index in [2.05, 4.69) is 20.8 Å². The lowest BCUT2D eigenvalue weighted by Crippen LogP contribution is -2.35. The fourth-order valence-electron chi connectivity index (χ4n) is 3.44. The number of benzene rings is 2. The van der Waals surface area contributed by atoms with Gasteiger partial charge < -0.3 is 19.9 Å². The van der Waals surface area contributed by atoms with Crippen LogP contribution in [0.4, 0.5) is 11.4 Å². The molecule has 2 heterocycles. The van der Waals surface area contributed by atoms with Crippen molar-refractivity contribution >= 4 is 29.1 Å². The van der Waals surface area contributed by atoms with E-state index in [0.717, 1.165) is 5.56 Å². The first-order valence-electron chi connectivity index (χ1n) is 10.2. The lowest BCUT2D eigenvalue weighted by atomic mass is 10.1. The second-order valence-electron chi connectivity index (χ2n) is 7.11. The van der Waals surface area contributed by atoms with E-state index in [1.54, 1.807) is 26.8 Å². The predicted molar refractivity (Wildman–Crippen MR) is 121 cm³/mol. The minimum absolute atomic E-state index is 0.0861. The molecule has 0 atom stereocenters. The molecular weight excluding hydrogens is 408 g/mol. The van der Waals surface area contributed by atoms with Crippen LogP contribution in [0.2, 0.25) is 0 Å². The number of carbonyl (C=O) groups excluding carboxylic acids is 2. The van der Waals surface area contributed by atoms with Gasteiger partial charge in [-0.25, -0.2) is 9.79 Å². The first kappa shape index (κ1) is 21.0. The molecule has 0 unspecified atom stereocenters. The Morgan fingerprint density at radius 3 is 2.53 bits per heavy atom. The molecule has 4 rings (SSSR count). The van der Waals surface area contributed by atoms with E-state index in [4.69, 9.17) is 9.26 Å². The number of carbonyl (C=O) groups is 2. The van der Waals surface area contributed by atoms with E-state index in [0.29, 0.717) is 28.5 Å². The van der Waals surface area contributed by atoms with Gasteiger partial charge in [0.1, 0.15) is 28.4 Å². The largest absolute Gasteiger partial charge is 0.462 e. The highest BCUT2D eigenvalue weighted by Crippen LogP contribution is 2.31. The van der Waals surface area contributed by atoms with E-state index in [1.807, 2.05) is 48.5 Å². The van der Waals surface area contributed by atoms with Gasteiger partial charge in [-0.15, -0.1) is 0 Å². The SMILES string of the molecule is CCOC(=O)C1=C(C)Nc2ccccc2N=C1NC(=O)c1c(-c2ccccc2)noc1C. The molecule has 32 heavy (non-hydrogen) atoms. The fraction of sp³-hybridized carbons (Fsp3) is 0.167. The molecule has 1 aliphatic rings. The first-order valence-corrected chi connectivity index (χ1v) is 10.2. The highest BCUT2D eigenvalue weighted by atomic mass is 16.5. The summed E-state index contributed by atoms with van der Waals surface area (Å²) in [5.74, 6) is -0.638. The highest BCUT2D eigenvalue weighted by Gasteiger charge is 2.29. The van der Waals surface area contributed by atoms with Crippen LogP contribution in [0.3, 0.4) is 0 Å². The van der Waals surface area contributed by atoms with Gasteiger partial charge in [0.15, 0.2) is 0 Å². The monoisotopic (exact) mass is 430 g/mol. The minimum Gasteiger partial charge on any atom is -0.462 e. The number of aryl methyl sites for hydroxylation is 1. The van der Waals surface area contributed by atoms with E-state index >= 15 is 0 Å². The topological polar surface area (TPSA) is 106 Å². The number of nitrogens with zero attached hydrogens (tertiary/aromatic N) is 2. The molecule has 8 heteroatoms. The Kier molecular flexibility index (Phi) is 5.85. The van der Waals surface area contributed by atoms with Crippen molar-refractivity contribution in [2.24, 2.45) is 4.99 Å².